The summed E-state index contributed by atoms with van der Waals surface area (Å²) < 4.78 is 1.42. The zero-order valence-electron chi connectivity index (χ0n) is 14.4. The second kappa shape index (κ2) is 8.59. The van der Waals surface area contributed by atoms with Crippen LogP contribution in [0.4, 0.5) is 0 Å². The molecule has 2 aromatic rings. The number of rotatable bonds is 8. The molecule has 0 radical (unpaired) electrons. The smallest absolute Gasteiger partial charge is 0.274 e. The second-order valence-electron chi connectivity index (χ2n) is 6.18. The number of carbonyl (C=O) groups is 1. The van der Waals surface area contributed by atoms with Crippen LogP contribution in [0.25, 0.3) is 10.8 Å². The molecule has 0 fully saturated rings. The third-order valence-corrected chi connectivity index (χ3v) is 4.07. The molecule has 6 heteroatoms. The minimum atomic E-state index is -0.268. The molecule has 1 aromatic carbocycles. The average molecular weight is 330 g/mol. The summed E-state index contributed by atoms with van der Waals surface area (Å²) in [6, 6.07) is 7.12. The van der Waals surface area contributed by atoms with Gasteiger partial charge < -0.3 is 11.1 Å². The summed E-state index contributed by atoms with van der Waals surface area (Å²) in [6.07, 6.45) is 2.95. The van der Waals surface area contributed by atoms with Gasteiger partial charge in [-0.1, -0.05) is 44.9 Å². The van der Waals surface area contributed by atoms with Crippen LogP contribution in [0.15, 0.2) is 29.1 Å². The normalized spacial score (nSPS) is 12.3. The van der Waals surface area contributed by atoms with Gasteiger partial charge in [-0.3, -0.25) is 9.59 Å². The van der Waals surface area contributed by atoms with Crippen LogP contribution in [0.3, 0.4) is 0 Å². The molecule has 3 N–H and O–H groups in total. The number of fused-ring (bicyclic) bond motifs is 1. The van der Waals surface area contributed by atoms with Gasteiger partial charge in [0.15, 0.2) is 5.69 Å². The number of benzene rings is 1. The first-order valence-corrected chi connectivity index (χ1v) is 8.56. The minimum absolute atomic E-state index is 0.145. The number of unbranched alkanes of at least 4 members (excludes halogenated alkanes) is 2. The molecule has 0 spiro atoms. The Labute approximate surface area is 142 Å². The van der Waals surface area contributed by atoms with E-state index in [0.717, 1.165) is 19.3 Å². The fourth-order valence-corrected chi connectivity index (χ4v) is 2.50. The van der Waals surface area contributed by atoms with Crippen molar-refractivity contribution in [1.82, 2.24) is 15.1 Å². The van der Waals surface area contributed by atoms with E-state index in [-0.39, 0.29) is 17.4 Å². The van der Waals surface area contributed by atoms with Gasteiger partial charge in [0, 0.05) is 18.5 Å². The molecule has 0 saturated heterocycles. The van der Waals surface area contributed by atoms with Crippen molar-refractivity contribution in [3.05, 3.63) is 40.3 Å². The number of hydrogen-bond donors (Lipinski definition) is 2. The maximum absolute atomic E-state index is 12.6. The summed E-state index contributed by atoms with van der Waals surface area (Å²) in [4.78, 5) is 25.1. The van der Waals surface area contributed by atoms with E-state index >= 15 is 0 Å². The molecule has 24 heavy (non-hydrogen) atoms. The molecule has 0 aliphatic rings. The Morgan fingerprint density at radius 3 is 2.67 bits per heavy atom. The van der Waals surface area contributed by atoms with Gasteiger partial charge in [-0.2, -0.15) is 5.10 Å². The SMILES string of the molecule is CCCCCn1nc(C(=O)NCC(C)CN)c2ccccc2c1=O. The fourth-order valence-electron chi connectivity index (χ4n) is 2.50. The van der Waals surface area contributed by atoms with Gasteiger partial charge in [0.25, 0.3) is 11.5 Å². The van der Waals surface area contributed by atoms with Gasteiger partial charge in [0.2, 0.25) is 0 Å². The summed E-state index contributed by atoms with van der Waals surface area (Å²) >= 11 is 0. The molecule has 1 heterocycles. The highest BCUT2D eigenvalue weighted by atomic mass is 16.2. The maximum Gasteiger partial charge on any atom is 0.274 e. The van der Waals surface area contributed by atoms with Gasteiger partial charge in [-0.05, 0) is 24.9 Å². The standard InChI is InChI=1S/C18H26N4O2/c1-3-4-7-10-22-18(24)15-9-6-5-8-14(15)16(21-22)17(23)20-12-13(2)11-19/h5-6,8-9,13H,3-4,7,10-12,19H2,1-2H3,(H,20,23). The molecule has 0 aliphatic heterocycles. The van der Waals surface area contributed by atoms with Crippen molar-refractivity contribution in [2.45, 2.75) is 39.7 Å². The van der Waals surface area contributed by atoms with E-state index in [0.29, 0.717) is 36.1 Å². The van der Waals surface area contributed by atoms with E-state index < -0.39 is 0 Å². The molecular weight excluding hydrogens is 304 g/mol. The Balaban J connectivity index is 2.38. The van der Waals surface area contributed by atoms with Gasteiger partial charge in [-0.25, -0.2) is 4.68 Å². The first kappa shape index (κ1) is 18.1. The summed E-state index contributed by atoms with van der Waals surface area (Å²) in [7, 11) is 0. The molecule has 1 aromatic heterocycles. The molecule has 1 atom stereocenters. The van der Waals surface area contributed by atoms with Crippen LogP contribution in [-0.4, -0.2) is 28.8 Å². The third kappa shape index (κ3) is 4.20. The first-order chi connectivity index (χ1) is 11.6. The highest BCUT2D eigenvalue weighted by molar-refractivity contribution is 6.04. The molecule has 0 aliphatic carbocycles. The number of nitrogens with one attached hydrogen (secondary N) is 1. The van der Waals surface area contributed by atoms with E-state index in [9.17, 15) is 9.59 Å². The maximum atomic E-state index is 12.6. The van der Waals surface area contributed by atoms with Crippen molar-refractivity contribution in [1.29, 1.82) is 0 Å². The van der Waals surface area contributed by atoms with Gasteiger partial charge in [0.05, 0.1) is 5.39 Å². The summed E-state index contributed by atoms with van der Waals surface area (Å²) in [5, 5.41) is 8.31. The van der Waals surface area contributed by atoms with Crippen LogP contribution < -0.4 is 16.6 Å². The topological polar surface area (TPSA) is 90.0 Å². The van der Waals surface area contributed by atoms with Crippen molar-refractivity contribution in [2.75, 3.05) is 13.1 Å². The van der Waals surface area contributed by atoms with Crippen LogP contribution in [0, 0.1) is 5.92 Å². The van der Waals surface area contributed by atoms with Crippen molar-refractivity contribution < 1.29 is 4.79 Å². The van der Waals surface area contributed by atoms with Crippen LogP contribution >= 0.6 is 0 Å². The van der Waals surface area contributed by atoms with Gasteiger partial charge in [0.1, 0.15) is 0 Å². The molecule has 0 saturated carbocycles. The Morgan fingerprint density at radius 1 is 1.29 bits per heavy atom. The van der Waals surface area contributed by atoms with E-state index in [2.05, 4.69) is 17.3 Å². The molecule has 6 nitrogen and oxygen atoms in total. The van der Waals surface area contributed by atoms with Gasteiger partial charge >= 0.3 is 0 Å². The summed E-state index contributed by atoms with van der Waals surface area (Å²) in [5.41, 5.74) is 5.74. The lowest BCUT2D eigenvalue weighted by Crippen LogP contribution is -2.34. The quantitative estimate of drug-likeness (QED) is 0.724. The molecule has 2 rings (SSSR count). The molecular formula is C18H26N4O2. The van der Waals surface area contributed by atoms with Crippen molar-refractivity contribution in [3.63, 3.8) is 0 Å². The minimum Gasteiger partial charge on any atom is -0.350 e. The number of aromatic nitrogens is 2. The molecule has 130 valence electrons. The summed E-state index contributed by atoms with van der Waals surface area (Å²) in [5.74, 6) is -0.0774. The zero-order valence-corrected chi connectivity index (χ0v) is 14.4. The fraction of sp³-hybridized carbons (Fsp3) is 0.500. The number of amides is 1. The molecule has 0 bridgehead atoms. The predicted octanol–water partition coefficient (Wildman–Crippen LogP) is 1.91. The lowest BCUT2D eigenvalue weighted by molar-refractivity contribution is 0.0943. The van der Waals surface area contributed by atoms with Crippen molar-refractivity contribution in [2.24, 2.45) is 11.7 Å². The zero-order chi connectivity index (χ0) is 17.5. The largest absolute Gasteiger partial charge is 0.350 e. The Bertz CT molecular complexity index is 754. The Kier molecular flexibility index (Phi) is 6.49. The predicted molar refractivity (Wildman–Crippen MR) is 96.1 cm³/mol. The van der Waals surface area contributed by atoms with E-state index in [4.69, 9.17) is 5.73 Å². The summed E-state index contributed by atoms with van der Waals surface area (Å²) in [6.45, 7) is 5.59. The van der Waals surface area contributed by atoms with Crippen LogP contribution in [0.5, 0.6) is 0 Å². The monoisotopic (exact) mass is 330 g/mol. The lowest BCUT2D eigenvalue weighted by atomic mass is 10.1. The Morgan fingerprint density at radius 2 is 2.00 bits per heavy atom. The number of aryl methyl sites for hydroxylation is 1. The van der Waals surface area contributed by atoms with E-state index in [1.54, 1.807) is 18.2 Å². The number of nitrogens with zero attached hydrogens (tertiary/aromatic N) is 2. The number of nitrogens with two attached hydrogens (primary N) is 1. The average Bonchev–Trinajstić information content (AvgIpc) is 2.61. The lowest BCUT2D eigenvalue weighted by Gasteiger charge is -2.13. The van der Waals surface area contributed by atoms with E-state index in [1.165, 1.54) is 4.68 Å². The molecule has 1 amide bonds. The first-order valence-electron chi connectivity index (χ1n) is 8.56. The van der Waals surface area contributed by atoms with Crippen LogP contribution in [0.1, 0.15) is 43.6 Å². The van der Waals surface area contributed by atoms with Crippen LogP contribution in [-0.2, 0) is 6.54 Å². The van der Waals surface area contributed by atoms with Gasteiger partial charge in [-0.15, -0.1) is 0 Å². The highest BCUT2D eigenvalue weighted by Gasteiger charge is 2.16. The molecule has 1 unspecified atom stereocenters. The number of hydrogen-bond acceptors (Lipinski definition) is 4. The third-order valence-electron chi connectivity index (χ3n) is 4.07. The van der Waals surface area contributed by atoms with Crippen LogP contribution in [0.2, 0.25) is 0 Å². The second-order valence-corrected chi connectivity index (χ2v) is 6.18. The Hall–Kier alpha value is -2.21. The van der Waals surface area contributed by atoms with Crippen molar-refractivity contribution >= 4 is 16.7 Å². The van der Waals surface area contributed by atoms with Crippen molar-refractivity contribution in [3.8, 4) is 0 Å². The van der Waals surface area contributed by atoms with E-state index in [1.807, 2.05) is 13.0 Å². The number of carbonyl (C=O) groups excluding carboxylic acids is 1. The highest BCUT2D eigenvalue weighted by Crippen LogP contribution is 2.13.